The summed E-state index contributed by atoms with van der Waals surface area (Å²) in [4.78, 5) is 1.69. The van der Waals surface area contributed by atoms with Crippen LogP contribution in [-0.4, -0.2) is 67.5 Å². The molecule has 5 nitrogen and oxygen atoms in total. The number of likely N-dealkylation sites (tertiary alicyclic amines) is 1. The Labute approximate surface area is 131 Å². The van der Waals surface area contributed by atoms with Crippen molar-refractivity contribution in [2.45, 2.75) is 58.8 Å². The second-order valence-corrected chi connectivity index (χ2v) is 7.58. The summed E-state index contributed by atoms with van der Waals surface area (Å²) in [5.41, 5.74) is 0. The number of rotatable bonds is 7. The number of nitrogens with zero attached hydrogens (tertiary/aromatic N) is 2. The van der Waals surface area contributed by atoms with Crippen molar-refractivity contribution in [3.63, 3.8) is 0 Å². The summed E-state index contributed by atoms with van der Waals surface area (Å²) in [5, 5.41) is -0.840. The van der Waals surface area contributed by atoms with E-state index in [1.54, 1.807) is 4.90 Å². The Morgan fingerprint density at radius 1 is 1.10 bits per heavy atom. The highest BCUT2D eigenvalue weighted by molar-refractivity contribution is 7.86. The average Bonchev–Trinajstić information content (AvgIpc) is 2.86. The fourth-order valence-corrected chi connectivity index (χ4v) is 3.99. The van der Waals surface area contributed by atoms with Gasteiger partial charge in [0.25, 0.3) is 0 Å². The molecule has 0 aromatic heterocycles. The summed E-state index contributed by atoms with van der Waals surface area (Å²) >= 11 is 0. The van der Waals surface area contributed by atoms with Crippen molar-refractivity contribution in [3.05, 3.63) is 0 Å². The van der Waals surface area contributed by atoms with Crippen LogP contribution < -0.4 is 0 Å². The maximum atomic E-state index is 10.9. The maximum absolute atomic E-state index is 10.9. The van der Waals surface area contributed by atoms with Crippen molar-refractivity contribution >= 4 is 10.1 Å². The molecule has 1 aliphatic heterocycles. The van der Waals surface area contributed by atoms with Gasteiger partial charge in [-0.1, -0.05) is 27.2 Å². The molecule has 1 aliphatic rings. The normalized spacial score (nSPS) is 19.2. The van der Waals surface area contributed by atoms with Crippen molar-refractivity contribution in [1.82, 2.24) is 4.90 Å². The fraction of sp³-hybridized carbons (Fsp3) is 1.00. The molecule has 1 saturated heterocycles. The standard InChI is InChI=1S/C8H19NO3S.C7H16N/c1-4-7-8(13(10,11)12)9(5-2)6-3;1-3-8(2)6-4-5-7-8/h8H,4-7H2,1-3H3,(H,10,11,12);3-7H2,1-2H3/q;+1/p-1. The van der Waals surface area contributed by atoms with Crippen LogP contribution in [0.4, 0.5) is 0 Å². The molecule has 0 aromatic carbocycles. The van der Waals surface area contributed by atoms with Crippen LogP contribution >= 0.6 is 0 Å². The second kappa shape index (κ2) is 9.77. The van der Waals surface area contributed by atoms with E-state index in [0.717, 1.165) is 0 Å². The smallest absolute Gasteiger partial charge is 0.111 e. The van der Waals surface area contributed by atoms with E-state index in [0.29, 0.717) is 25.9 Å². The zero-order chi connectivity index (χ0) is 16.5. The van der Waals surface area contributed by atoms with Gasteiger partial charge in [0.15, 0.2) is 0 Å². The van der Waals surface area contributed by atoms with Gasteiger partial charge in [0.1, 0.15) is 15.5 Å². The first kappa shape index (κ1) is 20.8. The van der Waals surface area contributed by atoms with E-state index in [9.17, 15) is 13.0 Å². The van der Waals surface area contributed by atoms with Gasteiger partial charge in [-0.15, -0.1) is 0 Å². The first-order valence-electron chi connectivity index (χ1n) is 8.26. The molecule has 0 aliphatic carbocycles. The number of hydrogen-bond acceptors (Lipinski definition) is 4. The molecular formula is C15H34N2O3S. The monoisotopic (exact) mass is 322 g/mol. The Hall–Kier alpha value is -0.170. The number of hydrogen-bond donors (Lipinski definition) is 0. The molecule has 1 heterocycles. The first-order valence-corrected chi connectivity index (χ1v) is 9.73. The Bertz CT molecular complexity index is 361. The van der Waals surface area contributed by atoms with Crippen LogP contribution in [0.5, 0.6) is 0 Å². The summed E-state index contributed by atoms with van der Waals surface area (Å²) in [6.07, 6.45) is 4.03. The minimum absolute atomic E-state index is 0.424. The Morgan fingerprint density at radius 2 is 1.57 bits per heavy atom. The van der Waals surface area contributed by atoms with Crippen molar-refractivity contribution in [3.8, 4) is 0 Å². The molecular weight excluding hydrogens is 288 g/mol. The fourth-order valence-electron chi connectivity index (χ4n) is 2.80. The molecule has 1 unspecified atom stereocenters. The van der Waals surface area contributed by atoms with E-state index in [2.05, 4.69) is 14.0 Å². The van der Waals surface area contributed by atoms with Crippen LogP contribution in [0.25, 0.3) is 0 Å². The van der Waals surface area contributed by atoms with Crippen LogP contribution in [-0.2, 0) is 10.1 Å². The predicted molar refractivity (Wildman–Crippen MR) is 87.0 cm³/mol. The third-order valence-electron chi connectivity index (χ3n) is 4.50. The molecule has 0 amide bonds. The van der Waals surface area contributed by atoms with Crippen molar-refractivity contribution in [2.24, 2.45) is 0 Å². The summed E-state index contributed by atoms with van der Waals surface area (Å²) in [7, 11) is -1.82. The molecule has 0 saturated carbocycles. The van der Waals surface area contributed by atoms with Gasteiger partial charge < -0.3 is 9.04 Å². The minimum atomic E-state index is -4.17. The topological polar surface area (TPSA) is 60.4 Å². The van der Waals surface area contributed by atoms with Gasteiger partial charge in [0, 0.05) is 12.8 Å². The van der Waals surface area contributed by atoms with Crippen LogP contribution in [0.1, 0.15) is 53.4 Å². The summed E-state index contributed by atoms with van der Waals surface area (Å²) in [6, 6.07) is 0. The van der Waals surface area contributed by atoms with Gasteiger partial charge >= 0.3 is 0 Å². The van der Waals surface area contributed by atoms with E-state index in [4.69, 9.17) is 0 Å². The Balaban J connectivity index is 0.000000423. The average molecular weight is 323 g/mol. The van der Waals surface area contributed by atoms with Crippen LogP contribution in [0.3, 0.4) is 0 Å². The lowest BCUT2D eigenvalue weighted by Gasteiger charge is -2.31. The largest absolute Gasteiger partial charge is 0.747 e. The Kier molecular flexibility index (Phi) is 9.69. The SMILES string of the molecule is CCCC(N(CC)CC)S(=O)(=O)[O-].CC[N+]1(C)CCCC1. The van der Waals surface area contributed by atoms with Crippen molar-refractivity contribution in [2.75, 3.05) is 39.8 Å². The maximum Gasteiger partial charge on any atom is 0.111 e. The first-order chi connectivity index (χ1) is 9.74. The van der Waals surface area contributed by atoms with Gasteiger partial charge in [-0.05, 0) is 26.4 Å². The van der Waals surface area contributed by atoms with Crippen molar-refractivity contribution in [1.29, 1.82) is 0 Å². The molecule has 0 bridgehead atoms. The highest BCUT2D eigenvalue weighted by Gasteiger charge is 2.23. The van der Waals surface area contributed by atoms with Gasteiger partial charge in [-0.3, -0.25) is 4.90 Å². The van der Waals surface area contributed by atoms with Gasteiger partial charge in [0.2, 0.25) is 0 Å². The van der Waals surface area contributed by atoms with Crippen molar-refractivity contribution < 1.29 is 17.5 Å². The van der Waals surface area contributed by atoms with E-state index < -0.39 is 15.5 Å². The lowest BCUT2D eigenvalue weighted by atomic mass is 10.3. The molecule has 1 fully saturated rings. The molecule has 0 N–H and O–H groups in total. The van der Waals surface area contributed by atoms with E-state index >= 15 is 0 Å². The van der Waals surface area contributed by atoms with E-state index in [-0.39, 0.29) is 0 Å². The molecule has 1 rings (SSSR count). The molecule has 0 radical (unpaired) electrons. The molecule has 128 valence electrons. The molecule has 0 aromatic rings. The van der Waals surface area contributed by atoms with Gasteiger partial charge in [0.05, 0.1) is 26.7 Å². The lowest BCUT2D eigenvalue weighted by Crippen LogP contribution is -2.40. The second-order valence-electron chi connectivity index (χ2n) is 6.05. The zero-order valence-corrected chi connectivity index (χ0v) is 15.3. The molecule has 21 heavy (non-hydrogen) atoms. The molecule has 1 atom stereocenters. The van der Waals surface area contributed by atoms with Gasteiger partial charge in [-0.2, -0.15) is 0 Å². The quantitative estimate of drug-likeness (QED) is 0.533. The highest BCUT2D eigenvalue weighted by atomic mass is 32.2. The zero-order valence-electron chi connectivity index (χ0n) is 14.5. The highest BCUT2D eigenvalue weighted by Crippen LogP contribution is 2.14. The molecule has 6 heteroatoms. The van der Waals surface area contributed by atoms with E-state index in [1.807, 2.05) is 20.8 Å². The minimum Gasteiger partial charge on any atom is -0.747 e. The lowest BCUT2D eigenvalue weighted by molar-refractivity contribution is -0.895. The molecule has 0 spiro atoms. The van der Waals surface area contributed by atoms with Gasteiger partial charge in [-0.25, -0.2) is 8.42 Å². The summed E-state index contributed by atoms with van der Waals surface area (Å²) in [6.45, 7) is 13.2. The third-order valence-corrected chi connectivity index (χ3v) is 5.70. The Morgan fingerprint density at radius 3 is 1.81 bits per heavy atom. The summed E-state index contributed by atoms with van der Waals surface area (Å²) < 4.78 is 34.0. The summed E-state index contributed by atoms with van der Waals surface area (Å²) in [5.74, 6) is 0. The van der Waals surface area contributed by atoms with E-state index in [1.165, 1.54) is 37.0 Å². The number of quaternary nitrogens is 1. The predicted octanol–water partition coefficient (Wildman–Crippen LogP) is 2.25. The van der Waals surface area contributed by atoms with Crippen LogP contribution in [0, 0.1) is 0 Å². The van der Waals surface area contributed by atoms with Crippen LogP contribution in [0.15, 0.2) is 0 Å². The van der Waals surface area contributed by atoms with Crippen LogP contribution in [0.2, 0.25) is 0 Å². The third kappa shape index (κ3) is 7.58.